The van der Waals surface area contributed by atoms with Crippen molar-refractivity contribution < 1.29 is 28.0 Å². The summed E-state index contributed by atoms with van der Waals surface area (Å²) >= 11 is 6.57. The molecule has 204 valence electrons. The molecule has 8 nitrogen and oxygen atoms in total. The Labute approximate surface area is 224 Å². The lowest BCUT2D eigenvalue weighted by Crippen LogP contribution is -2.59. The average Bonchev–Trinajstić information content (AvgIpc) is 2.82. The number of ether oxygens (including phenoxy) is 1. The summed E-state index contributed by atoms with van der Waals surface area (Å²) in [6.45, 7) is 9.51. The van der Waals surface area contributed by atoms with Gasteiger partial charge in [-0.2, -0.15) is 0 Å². The lowest BCUT2D eigenvalue weighted by Gasteiger charge is -2.46. The molecule has 4 rings (SSSR count). The van der Waals surface area contributed by atoms with Crippen LogP contribution in [0, 0.1) is 17.0 Å². The van der Waals surface area contributed by atoms with E-state index in [4.69, 9.17) is 16.3 Å². The minimum absolute atomic E-state index is 0.0411. The molecule has 0 aliphatic carbocycles. The number of fused-ring (bicyclic) bond motifs is 1. The fourth-order valence-corrected chi connectivity index (χ4v) is 5.71. The van der Waals surface area contributed by atoms with E-state index in [1.54, 1.807) is 0 Å². The second kappa shape index (κ2) is 9.97. The Hall–Kier alpha value is -2.97. The number of benzene rings is 2. The van der Waals surface area contributed by atoms with Crippen molar-refractivity contribution in [3.05, 3.63) is 40.9 Å². The van der Waals surface area contributed by atoms with Gasteiger partial charge in [-0.3, -0.25) is 0 Å². The zero-order chi connectivity index (χ0) is 28.2. The van der Waals surface area contributed by atoms with E-state index in [1.807, 2.05) is 25.7 Å². The lowest BCUT2D eigenvalue weighted by molar-refractivity contribution is 0.0747. The number of methoxy groups -OCH3 is 1. The first-order valence-electron chi connectivity index (χ1n) is 12.0. The van der Waals surface area contributed by atoms with Crippen molar-refractivity contribution in [2.45, 2.75) is 26.8 Å². The molecular formula is C26H30ClF2N4O4P. The van der Waals surface area contributed by atoms with Gasteiger partial charge in [-0.15, -0.1) is 0 Å². The third kappa shape index (κ3) is 5.04. The summed E-state index contributed by atoms with van der Waals surface area (Å²) in [6.07, 6.45) is -1.03. The van der Waals surface area contributed by atoms with Crippen LogP contribution in [0.5, 0.6) is 5.75 Å². The van der Waals surface area contributed by atoms with Gasteiger partial charge in [0.2, 0.25) is 0 Å². The van der Waals surface area contributed by atoms with Gasteiger partial charge in [-0.25, -0.2) is 23.5 Å². The number of piperazine rings is 1. The second-order valence-electron chi connectivity index (χ2n) is 10.8. The molecule has 38 heavy (non-hydrogen) atoms. The average molecular weight is 567 g/mol. The Morgan fingerprint density at radius 2 is 1.87 bits per heavy atom. The highest BCUT2D eigenvalue weighted by Gasteiger charge is 2.39. The molecule has 1 fully saturated rings. The highest BCUT2D eigenvalue weighted by molar-refractivity contribution is 7.69. The van der Waals surface area contributed by atoms with E-state index < -0.39 is 36.3 Å². The quantitative estimate of drug-likeness (QED) is 0.405. The number of amides is 1. The largest absolute Gasteiger partial charge is 0.496 e. The summed E-state index contributed by atoms with van der Waals surface area (Å²) in [6, 6.07) is 5.17. The fraction of sp³-hybridized carbons (Fsp3) is 0.423. The first-order chi connectivity index (χ1) is 17.6. The number of aromatic nitrogens is 2. The van der Waals surface area contributed by atoms with Gasteiger partial charge < -0.3 is 24.2 Å². The van der Waals surface area contributed by atoms with Gasteiger partial charge in [-0.1, -0.05) is 38.4 Å². The standard InChI is InChI=1S/C26H30ClF2N4O4P/c1-26(2,3)18-13-32(10-11-33(18)25(34)35)23-14-12-15(27)19(20-16(28)8-7-9-17(20)37-4)21(29)22(14)30-24(31-23)38(5,6)36/h7-9,12,18H,10-11,13H2,1-6H3,(H,34,35). The van der Waals surface area contributed by atoms with Crippen LogP contribution in [0.2, 0.25) is 5.02 Å². The zero-order valence-corrected chi connectivity index (χ0v) is 23.7. The zero-order valence-electron chi connectivity index (χ0n) is 22.0. The minimum Gasteiger partial charge on any atom is -0.496 e. The van der Waals surface area contributed by atoms with Gasteiger partial charge in [0.25, 0.3) is 0 Å². The maximum absolute atomic E-state index is 16.3. The Morgan fingerprint density at radius 1 is 1.18 bits per heavy atom. The number of anilines is 1. The van der Waals surface area contributed by atoms with Crippen LogP contribution in [0.1, 0.15) is 20.8 Å². The first kappa shape index (κ1) is 28.0. The molecule has 1 atom stereocenters. The third-order valence-electron chi connectivity index (χ3n) is 6.70. The molecular weight excluding hydrogens is 537 g/mol. The highest BCUT2D eigenvalue weighted by Crippen LogP contribution is 2.44. The van der Waals surface area contributed by atoms with E-state index in [0.29, 0.717) is 5.82 Å². The van der Waals surface area contributed by atoms with Crippen molar-refractivity contribution in [1.82, 2.24) is 14.9 Å². The first-order valence-corrected chi connectivity index (χ1v) is 15.0. The predicted octanol–water partition coefficient (Wildman–Crippen LogP) is 5.70. The SMILES string of the molecule is COc1cccc(F)c1-c1c(Cl)cc2c(N3CCN(C(=O)O)C(C(C)(C)C)C3)nc(P(C)(C)=O)nc2c1F. The number of nitrogens with zero attached hydrogens (tertiary/aromatic N) is 4. The molecule has 1 aliphatic rings. The van der Waals surface area contributed by atoms with Crippen molar-refractivity contribution >= 4 is 47.1 Å². The molecule has 3 aromatic rings. The molecule has 2 heterocycles. The van der Waals surface area contributed by atoms with Crippen LogP contribution in [-0.4, -0.2) is 72.2 Å². The summed E-state index contributed by atoms with van der Waals surface area (Å²) in [7, 11) is -1.73. The maximum Gasteiger partial charge on any atom is 0.407 e. The molecule has 12 heteroatoms. The minimum atomic E-state index is -3.07. The van der Waals surface area contributed by atoms with Crippen molar-refractivity contribution in [2.24, 2.45) is 5.41 Å². The molecule has 1 saturated heterocycles. The predicted molar refractivity (Wildman–Crippen MR) is 146 cm³/mol. The van der Waals surface area contributed by atoms with E-state index in [-0.39, 0.29) is 58.0 Å². The van der Waals surface area contributed by atoms with E-state index in [0.717, 1.165) is 0 Å². The van der Waals surface area contributed by atoms with E-state index in [9.17, 15) is 18.9 Å². The monoisotopic (exact) mass is 566 g/mol. The number of halogens is 3. The Bertz CT molecular complexity index is 1470. The molecule has 1 unspecified atom stereocenters. The second-order valence-corrected chi connectivity index (χ2v) is 14.3. The third-order valence-corrected chi connectivity index (χ3v) is 8.16. The Kier molecular flexibility index (Phi) is 7.36. The summed E-state index contributed by atoms with van der Waals surface area (Å²) < 4.78 is 49.6. The van der Waals surface area contributed by atoms with Crippen LogP contribution in [0.4, 0.5) is 19.4 Å². The van der Waals surface area contributed by atoms with Gasteiger partial charge in [0.05, 0.1) is 23.7 Å². The molecule has 0 spiro atoms. The van der Waals surface area contributed by atoms with Crippen LogP contribution in [-0.2, 0) is 4.57 Å². The van der Waals surface area contributed by atoms with Crippen molar-refractivity contribution in [3.8, 4) is 16.9 Å². The Morgan fingerprint density at radius 3 is 2.45 bits per heavy atom. The van der Waals surface area contributed by atoms with Crippen LogP contribution in [0.15, 0.2) is 24.3 Å². The van der Waals surface area contributed by atoms with E-state index in [1.165, 1.54) is 49.6 Å². The van der Waals surface area contributed by atoms with Gasteiger partial charge in [0.1, 0.15) is 30.0 Å². The molecule has 1 aliphatic heterocycles. The van der Waals surface area contributed by atoms with Crippen molar-refractivity contribution in [2.75, 3.05) is 45.0 Å². The summed E-state index contributed by atoms with van der Waals surface area (Å²) in [5, 5.41) is 9.94. The van der Waals surface area contributed by atoms with Gasteiger partial charge in [0.15, 0.2) is 11.4 Å². The van der Waals surface area contributed by atoms with Crippen LogP contribution in [0.3, 0.4) is 0 Å². The van der Waals surface area contributed by atoms with Gasteiger partial charge >= 0.3 is 6.09 Å². The van der Waals surface area contributed by atoms with Crippen LogP contribution in [0.25, 0.3) is 22.0 Å². The highest BCUT2D eigenvalue weighted by atomic mass is 35.5. The maximum atomic E-state index is 16.3. The lowest BCUT2D eigenvalue weighted by atomic mass is 9.84. The number of hydrogen-bond donors (Lipinski definition) is 1. The van der Waals surface area contributed by atoms with E-state index >= 15 is 4.39 Å². The van der Waals surface area contributed by atoms with Crippen molar-refractivity contribution in [1.29, 1.82) is 0 Å². The number of hydrogen-bond acceptors (Lipinski definition) is 6. The van der Waals surface area contributed by atoms with Crippen LogP contribution < -0.4 is 15.2 Å². The summed E-state index contributed by atoms with van der Waals surface area (Å²) in [5.74, 6) is -1.24. The number of carboxylic acid groups (broad SMARTS) is 1. The van der Waals surface area contributed by atoms with Gasteiger partial charge in [0, 0.05) is 30.6 Å². The topological polar surface area (TPSA) is 95.9 Å². The molecule has 2 aromatic carbocycles. The molecule has 0 radical (unpaired) electrons. The fourth-order valence-electron chi connectivity index (χ4n) is 4.74. The van der Waals surface area contributed by atoms with E-state index in [2.05, 4.69) is 9.97 Å². The van der Waals surface area contributed by atoms with Crippen molar-refractivity contribution in [3.63, 3.8) is 0 Å². The smallest absolute Gasteiger partial charge is 0.407 e. The van der Waals surface area contributed by atoms with Gasteiger partial charge in [-0.05, 0) is 36.9 Å². The number of carbonyl (C=O) groups is 1. The summed E-state index contributed by atoms with van der Waals surface area (Å²) in [5.41, 5.74) is -0.993. The summed E-state index contributed by atoms with van der Waals surface area (Å²) in [4.78, 5) is 24.1. The molecule has 1 amide bonds. The molecule has 1 aromatic heterocycles. The Balaban J connectivity index is 1.99. The molecule has 0 bridgehead atoms. The normalized spacial score (nSPS) is 16.7. The molecule has 1 N–H and O–H groups in total. The molecule has 0 saturated carbocycles. The van der Waals surface area contributed by atoms with Crippen LogP contribution >= 0.6 is 18.7 Å². The number of rotatable bonds is 4.